The third-order valence-electron chi connectivity index (χ3n) is 3.44. The summed E-state index contributed by atoms with van der Waals surface area (Å²) in [6, 6.07) is 15.6. The molecule has 0 spiro atoms. The molecule has 0 fully saturated rings. The van der Waals surface area contributed by atoms with Crippen LogP contribution in [0.4, 0.5) is 0 Å². The number of amides is 1. The van der Waals surface area contributed by atoms with Crippen LogP contribution in [0, 0.1) is 7.14 Å². The van der Waals surface area contributed by atoms with Crippen molar-refractivity contribution in [1.82, 2.24) is 5.43 Å². The first kappa shape index (κ1) is 20.7. The molecule has 0 bridgehead atoms. The van der Waals surface area contributed by atoms with Crippen LogP contribution in [0.5, 0.6) is 5.75 Å². The Balaban J connectivity index is 1.64. The van der Waals surface area contributed by atoms with Gasteiger partial charge in [-0.15, -0.1) is 11.3 Å². The minimum absolute atomic E-state index is 0.208. The summed E-state index contributed by atoms with van der Waals surface area (Å²) in [5.74, 6) is 0.638. The number of hydrogen-bond donors (Lipinski definition) is 1. The number of nitrogens with one attached hydrogen (secondary N) is 1. The Hall–Kier alpha value is -0.980. The number of hydrogen-bond acceptors (Lipinski definition) is 4. The van der Waals surface area contributed by atoms with E-state index in [4.69, 9.17) is 4.74 Å². The van der Waals surface area contributed by atoms with E-state index in [0.29, 0.717) is 11.5 Å². The van der Waals surface area contributed by atoms with Crippen molar-refractivity contribution in [3.8, 4) is 5.75 Å². The van der Waals surface area contributed by atoms with Crippen LogP contribution in [0.15, 0.2) is 63.5 Å². The zero-order chi connectivity index (χ0) is 19.2. The molecular formula is C19H13BrI2N2O2S. The Bertz CT molecular complexity index is 937. The highest BCUT2D eigenvalue weighted by Gasteiger charge is 2.09. The quantitative estimate of drug-likeness (QED) is 0.198. The second-order valence-electron chi connectivity index (χ2n) is 5.41. The van der Waals surface area contributed by atoms with E-state index in [9.17, 15) is 4.79 Å². The highest BCUT2D eigenvalue weighted by atomic mass is 127. The summed E-state index contributed by atoms with van der Waals surface area (Å²) < 4.78 is 9.02. The number of rotatable bonds is 6. The lowest BCUT2D eigenvalue weighted by Crippen LogP contribution is -2.16. The van der Waals surface area contributed by atoms with Gasteiger partial charge in [0.05, 0.1) is 18.2 Å². The van der Waals surface area contributed by atoms with Gasteiger partial charge >= 0.3 is 0 Å². The van der Waals surface area contributed by atoms with Crippen LogP contribution in [0.1, 0.15) is 20.8 Å². The molecule has 1 aromatic heterocycles. The van der Waals surface area contributed by atoms with Gasteiger partial charge in [0.2, 0.25) is 0 Å². The van der Waals surface area contributed by atoms with Crippen LogP contribution in [0.25, 0.3) is 0 Å². The molecule has 1 amide bonds. The first-order chi connectivity index (χ1) is 13.0. The predicted octanol–water partition coefficient (Wildman–Crippen LogP) is 6.06. The molecule has 2 aromatic carbocycles. The largest absolute Gasteiger partial charge is 0.487 e. The number of carbonyl (C=O) groups is 1. The van der Waals surface area contributed by atoms with Crippen molar-refractivity contribution in [2.45, 2.75) is 6.61 Å². The number of thiophene rings is 1. The van der Waals surface area contributed by atoms with Gasteiger partial charge in [-0.1, -0.05) is 34.1 Å². The standard InChI is InChI=1S/C19H13BrI2N2O2S/c20-14-5-3-12(4-6-14)11-26-18-15(21)8-13(9-16(18)22)10-23-24-19(25)17-2-1-7-27-17/h1-10H,11H2,(H,24,25)/b23-10+. The Kier molecular flexibility index (Phi) is 7.67. The summed E-state index contributed by atoms with van der Waals surface area (Å²) in [6.07, 6.45) is 1.63. The molecular weight excluding hydrogens is 654 g/mol. The third-order valence-corrected chi connectivity index (χ3v) is 6.44. The van der Waals surface area contributed by atoms with Crippen LogP contribution in [-0.2, 0) is 6.61 Å². The van der Waals surface area contributed by atoms with E-state index in [1.54, 1.807) is 12.3 Å². The molecule has 0 unspecified atom stereocenters. The van der Waals surface area contributed by atoms with Crippen molar-refractivity contribution < 1.29 is 9.53 Å². The summed E-state index contributed by atoms with van der Waals surface area (Å²) in [7, 11) is 0. The Morgan fingerprint density at radius 2 is 1.89 bits per heavy atom. The first-order valence-corrected chi connectivity index (χ1v) is 11.6. The van der Waals surface area contributed by atoms with E-state index in [-0.39, 0.29) is 5.91 Å². The highest BCUT2D eigenvalue weighted by molar-refractivity contribution is 14.1. The molecule has 1 heterocycles. The van der Waals surface area contributed by atoms with Gasteiger partial charge in [0.1, 0.15) is 12.4 Å². The average molecular weight is 667 g/mol. The van der Waals surface area contributed by atoms with Gasteiger partial charge in [0.15, 0.2) is 0 Å². The molecule has 138 valence electrons. The molecule has 8 heteroatoms. The lowest BCUT2D eigenvalue weighted by atomic mass is 10.2. The van der Waals surface area contributed by atoms with Crippen molar-refractivity contribution in [3.05, 3.63) is 81.5 Å². The van der Waals surface area contributed by atoms with Crippen molar-refractivity contribution in [3.63, 3.8) is 0 Å². The second kappa shape index (κ2) is 9.99. The maximum atomic E-state index is 11.9. The molecule has 1 N–H and O–H groups in total. The van der Waals surface area contributed by atoms with E-state index in [0.717, 1.165) is 28.5 Å². The minimum atomic E-state index is -0.208. The van der Waals surface area contributed by atoms with Gasteiger partial charge in [0.25, 0.3) is 5.91 Å². The predicted molar refractivity (Wildman–Crippen MR) is 130 cm³/mol. The fraction of sp³-hybridized carbons (Fsp3) is 0.0526. The number of halogens is 3. The van der Waals surface area contributed by atoms with Gasteiger partial charge in [0, 0.05) is 4.47 Å². The van der Waals surface area contributed by atoms with Crippen molar-refractivity contribution in [2.24, 2.45) is 5.10 Å². The SMILES string of the molecule is O=C(N/N=C/c1cc(I)c(OCc2ccc(Br)cc2)c(I)c1)c1cccs1. The molecule has 0 aliphatic rings. The topological polar surface area (TPSA) is 50.7 Å². The second-order valence-corrected chi connectivity index (χ2v) is 9.59. The molecule has 0 aliphatic heterocycles. The molecule has 0 radical (unpaired) electrons. The van der Waals surface area contributed by atoms with E-state index < -0.39 is 0 Å². The van der Waals surface area contributed by atoms with Crippen molar-refractivity contribution in [1.29, 1.82) is 0 Å². The minimum Gasteiger partial charge on any atom is -0.487 e. The fourth-order valence-corrected chi connectivity index (χ4v) is 5.16. The normalized spacial score (nSPS) is 10.9. The van der Waals surface area contributed by atoms with Crippen LogP contribution < -0.4 is 10.2 Å². The van der Waals surface area contributed by atoms with Gasteiger partial charge in [-0.05, 0) is 92.0 Å². The van der Waals surface area contributed by atoms with Gasteiger partial charge in [-0.25, -0.2) is 5.43 Å². The Labute approximate surface area is 196 Å². The average Bonchev–Trinajstić information content (AvgIpc) is 3.17. The summed E-state index contributed by atoms with van der Waals surface area (Å²) >= 11 is 9.31. The van der Waals surface area contributed by atoms with E-state index >= 15 is 0 Å². The highest BCUT2D eigenvalue weighted by Crippen LogP contribution is 2.29. The van der Waals surface area contributed by atoms with E-state index in [1.165, 1.54) is 11.3 Å². The third kappa shape index (κ3) is 6.00. The fourth-order valence-electron chi connectivity index (χ4n) is 2.16. The molecule has 4 nitrogen and oxygen atoms in total. The smallest absolute Gasteiger partial charge is 0.281 e. The molecule has 27 heavy (non-hydrogen) atoms. The maximum absolute atomic E-state index is 11.9. The monoisotopic (exact) mass is 666 g/mol. The van der Waals surface area contributed by atoms with E-state index in [2.05, 4.69) is 71.6 Å². The molecule has 0 saturated carbocycles. The number of ether oxygens (including phenoxy) is 1. The zero-order valence-electron chi connectivity index (χ0n) is 13.8. The van der Waals surface area contributed by atoms with Gasteiger partial charge in [-0.2, -0.15) is 5.10 Å². The molecule has 0 atom stereocenters. The lowest BCUT2D eigenvalue weighted by Gasteiger charge is -2.11. The number of carbonyl (C=O) groups excluding carboxylic acids is 1. The maximum Gasteiger partial charge on any atom is 0.281 e. The molecule has 0 aliphatic carbocycles. The lowest BCUT2D eigenvalue weighted by molar-refractivity contribution is 0.0959. The van der Waals surface area contributed by atoms with Gasteiger partial charge in [-0.3, -0.25) is 4.79 Å². The zero-order valence-corrected chi connectivity index (χ0v) is 20.5. The van der Waals surface area contributed by atoms with Crippen LogP contribution in [0.2, 0.25) is 0 Å². The van der Waals surface area contributed by atoms with Gasteiger partial charge < -0.3 is 4.74 Å². The van der Waals surface area contributed by atoms with E-state index in [1.807, 2.05) is 47.8 Å². The van der Waals surface area contributed by atoms with Crippen LogP contribution >= 0.6 is 72.4 Å². The van der Waals surface area contributed by atoms with Crippen LogP contribution in [0.3, 0.4) is 0 Å². The number of nitrogens with zero attached hydrogens (tertiary/aromatic N) is 1. The van der Waals surface area contributed by atoms with Crippen molar-refractivity contribution in [2.75, 3.05) is 0 Å². The summed E-state index contributed by atoms with van der Waals surface area (Å²) in [4.78, 5) is 12.5. The molecule has 0 saturated heterocycles. The Morgan fingerprint density at radius 1 is 1.19 bits per heavy atom. The molecule has 3 aromatic rings. The summed E-state index contributed by atoms with van der Waals surface area (Å²) in [5, 5.41) is 5.90. The number of hydrazone groups is 1. The van der Waals surface area contributed by atoms with Crippen LogP contribution in [-0.4, -0.2) is 12.1 Å². The summed E-state index contributed by atoms with van der Waals surface area (Å²) in [6.45, 7) is 0.504. The molecule has 3 rings (SSSR count). The number of benzene rings is 2. The van der Waals surface area contributed by atoms with Crippen molar-refractivity contribution >= 4 is 84.6 Å². The first-order valence-electron chi connectivity index (χ1n) is 7.76. The summed E-state index contributed by atoms with van der Waals surface area (Å²) in [5.41, 5.74) is 4.54. The Morgan fingerprint density at radius 3 is 2.52 bits per heavy atom.